The number of nitrogens with one attached hydrogen (secondary N) is 1. The van der Waals surface area contributed by atoms with Crippen molar-refractivity contribution < 1.29 is 23.7 Å². The summed E-state index contributed by atoms with van der Waals surface area (Å²) in [7, 11) is 6.50. The summed E-state index contributed by atoms with van der Waals surface area (Å²) in [5.74, 6) is 1.88. The number of likely N-dealkylation sites (tertiary alicyclic amines) is 1. The van der Waals surface area contributed by atoms with Crippen LogP contribution in [0.25, 0.3) is 0 Å². The smallest absolute Gasteiger partial charge is 0.257 e. The van der Waals surface area contributed by atoms with Gasteiger partial charge in [-0.05, 0) is 50.6 Å². The zero-order valence-electron chi connectivity index (χ0n) is 20.1. The van der Waals surface area contributed by atoms with Crippen molar-refractivity contribution in [2.45, 2.75) is 25.3 Å². The summed E-state index contributed by atoms with van der Waals surface area (Å²) in [4.78, 5) is 15.3. The van der Waals surface area contributed by atoms with E-state index in [0.717, 1.165) is 24.8 Å². The molecular formula is C24H35Cl2N3O5. The first-order chi connectivity index (χ1) is 15.6. The number of nitrogens with zero attached hydrogens (tertiary/aromatic N) is 1. The van der Waals surface area contributed by atoms with Crippen LogP contribution < -0.4 is 30.0 Å². The van der Waals surface area contributed by atoms with E-state index in [9.17, 15) is 4.79 Å². The van der Waals surface area contributed by atoms with E-state index in [1.807, 2.05) is 36.2 Å². The van der Waals surface area contributed by atoms with E-state index in [2.05, 4.69) is 5.32 Å². The largest absolute Gasteiger partial charge is 0.492 e. The van der Waals surface area contributed by atoms with Gasteiger partial charge >= 0.3 is 0 Å². The topological polar surface area (TPSA) is 95.3 Å². The molecule has 0 unspecified atom stereocenters. The van der Waals surface area contributed by atoms with E-state index in [-0.39, 0.29) is 30.7 Å². The molecule has 2 aromatic rings. The highest BCUT2D eigenvalue weighted by atomic mass is 35.5. The summed E-state index contributed by atoms with van der Waals surface area (Å²) >= 11 is 0. The minimum atomic E-state index is -0.125. The summed E-state index contributed by atoms with van der Waals surface area (Å²) in [6.07, 6.45) is 2.59. The maximum Gasteiger partial charge on any atom is 0.257 e. The van der Waals surface area contributed by atoms with Gasteiger partial charge in [-0.2, -0.15) is 0 Å². The number of methoxy groups -OCH3 is 3. The first-order valence-corrected chi connectivity index (χ1v) is 10.8. The van der Waals surface area contributed by atoms with Crippen molar-refractivity contribution in [3.05, 3.63) is 41.5 Å². The summed E-state index contributed by atoms with van der Waals surface area (Å²) < 4.78 is 22.8. The fourth-order valence-corrected chi connectivity index (χ4v) is 3.97. The van der Waals surface area contributed by atoms with Gasteiger partial charge in [0.1, 0.15) is 5.75 Å². The van der Waals surface area contributed by atoms with Gasteiger partial charge in [-0.3, -0.25) is 4.79 Å². The fraction of sp³-hybridized carbons (Fsp3) is 0.458. The molecule has 1 aliphatic rings. The van der Waals surface area contributed by atoms with Gasteiger partial charge < -0.3 is 34.9 Å². The molecule has 10 heteroatoms. The van der Waals surface area contributed by atoms with Crippen molar-refractivity contribution in [2.75, 3.05) is 48.0 Å². The second kappa shape index (κ2) is 14.1. The Balaban J connectivity index is 0.00000289. The first-order valence-electron chi connectivity index (χ1n) is 10.8. The highest BCUT2D eigenvalue weighted by Gasteiger charge is 2.30. The minimum Gasteiger partial charge on any atom is -0.492 e. The molecule has 0 atom stereocenters. The molecule has 0 aliphatic carbocycles. The number of carbonyl (C=O) groups is 1. The second-order valence-corrected chi connectivity index (χ2v) is 7.66. The van der Waals surface area contributed by atoms with Gasteiger partial charge in [-0.25, -0.2) is 0 Å². The van der Waals surface area contributed by atoms with Crippen LogP contribution in [0.1, 0.15) is 28.8 Å². The molecule has 0 radical (unpaired) electrons. The Bertz CT molecular complexity index is 920. The average Bonchev–Trinajstić information content (AvgIpc) is 2.84. The zero-order valence-corrected chi connectivity index (χ0v) is 21.7. The second-order valence-electron chi connectivity index (χ2n) is 7.66. The van der Waals surface area contributed by atoms with E-state index in [0.29, 0.717) is 60.0 Å². The number of benzene rings is 2. The highest BCUT2D eigenvalue weighted by Crippen LogP contribution is 2.48. The number of hydrogen-bond donors (Lipinski definition) is 2. The van der Waals surface area contributed by atoms with Gasteiger partial charge in [0.05, 0.1) is 26.9 Å². The van der Waals surface area contributed by atoms with Gasteiger partial charge in [0.25, 0.3) is 5.91 Å². The molecule has 0 saturated carbocycles. The van der Waals surface area contributed by atoms with Crippen molar-refractivity contribution in [2.24, 2.45) is 5.73 Å². The van der Waals surface area contributed by atoms with E-state index in [1.165, 1.54) is 21.3 Å². The Hall–Kier alpha value is -2.39. The van der Waals surface area contributed by atoms with Gasteiger partial charge in [-0.1, -0.05) is 12.1 Å². The Labute approximate surface area is 213 Å². The Morgan fingerprint density at radius 3 is 2.09 bits per heavy atom. The lowest BCUT2D eigenvalue weighted by Crippen LogP contribution is -2.44. The van der Waals surface area contributed by atoms with Crippen molar-refractivity contribution in [1.29, 1.82) is 0 Å². The van der Waals surface area contributed by atoms with E-state index in [1.54, 1.807) is 6.07 Å². The molecule has 1 saturated heterocycles. The predicted octanol–water partition coefficient (Wildman–Crippen LogP) is 3.67. The van der Waals surface area contributed by atoms with Crippen LogP contribution in [0.3, 0.4) is 0 Å². The molecule has 1 amide bonds. The summed E-state index contributed by atoms with van der Waals surface area (Å²) in [6, 6.07) is 9.75. The molecule has 1 aliphatic heterocycles. The van der Waals surface area contributed by atoms with Crippen LogP contribution in [0.15, 0.2) is 30.3 Å². The van der Waals surface area contributed by atoms with E-state index >= 15 is 0 Å². The third-order valence-electron chi connectivity index (χ3n) is 5.77. The number of piperidine rings is 1. The fourth-order valence-electron chi connectivity index (χ4n) is 3.97. The third kappa shape index (κ3) is 6.60. The molecule has 1 fully saturated rings. The summed E-state index contributed by atoms with van der Waals surface area (Å²) in [5, 5.41) is 3.28. The van der Waals surface area contributed by atoms with Crippen LogP contribution in [-0.4, -0.2) is 64.9 Å². The average molecular weight is 516 g/mol. The van der Waals surface area contributed by atoms with Crippen molar-refractivity contribution >= 4 is 30.7 Å². The van der Waals surface area contributed by atoms with Crippen molar-refractivity contribution in [3.63, 3.8) is 0 Å². The van der Waals surface area contributed by atoms with Crippen molar-refractivity contribution in [1.82, 2.24) is 10.2 Å². The minimum absolute atomic E-state index is 0. The quantitative estimate of drug-likeness (QED) is 0.525. The summed E-state index contributed by atoms with van der Waals surface area (Å²) in [5.41, 5.74) is 7.13. The number of hydrogen-bond acceptors (Lipinski definition) is 7. The third-order valence-corrected chi connectivity index (χ3v) is 5.77. The van der Waals surface area contributed by atoms with Crippen LogP contribution in [0, 0.1) is 0 Å². The number of amides is 1. The number of rotatable bonds is 9. The maximum absolute atomic E-state index is 13.4. The van der Waals surface area contributed by atoms with Gasteiger partial charge in [0, 0.05) is 25.2 Å². The van der Waals surface area contributed by atoms with Gasteiger partial charge in [0.15, 0.2) is 11.5 Å². The molecule has 8 nitrogen and oxygen atoms in total. The molecule has 3 rings (SSSR count). The van der Waals surface area contributed by atoms with Crippen LogP contribution in [0.5, 0.6) is 28.7 Å². The number of carbonyl (C=O) groups excluding carboxylic acids is 1. The molecule has 0 aromatic heterocycles. The zero-order chi connectivity index (χ0) is 23.1. The molecule has 1 heterocycles. The predicted molar refractivity (Wildman–Crippen MR) is 138 cm³/mol. The molecule has 190 valence electrons. The van der Waals surface area contributed by atoms with Crippen molar-refractivity contribution in [3.8, 4) is 28.7 Å². The molecule has 3 N–H and O–H groups in total. The molecule has 2 aromatic carbocycles. The lowest BCUT2D eigenvalue weighted by molar-refractivity contribution is 0.0702. The lowest BCUT2D eigenvalue weighted by atomic mass is 10.0. The monoisotopic (exact) mass is 515 g/mol. The number of halogens is 2. The first kappa shape index (κ1) is 29.6. The van der Waals surface area contributed by atoms with Gasteiger partial charge in [-0.15, -0.1) is 24.8 Å². The van der Waals surface area contributed by atoms with E-state index in [4.69, 9.17) is 24.7 Å². The Morgan fingerprint density at radius 2 is 1.59 bits per heavy atom. The number of nitrogens with two attached hydrogens (primary N) is 1. The molecule has 0 bridgehead atoms. The molecule has 0 spiro atoms. The van der Waals surface area contributed by atoms with E-state index < -0.39 is 0 Å². The molecule has 34 heavy (non-hydrogen) atoms. The van der Waals surface area contributed by atoms with Crippen LogP contribution in [-0.2, 0) is 6.42 Å². The van der Waals surface area contributed by atoms with Crippen LogP contribution in [0.2, 0.25) is 0 Å². The van der Waals surface area contributed by atoms with Gasteiger partial charge in [0.2, 0.25) is 11.5 Å². The van der Waals surface area contributed by atoms with Crippen LogP contribution >= 0.6 is 24.8 Å². The lowest BCUT2D eigenvalue weighted by Gasteiger charge is -2.32. The highest BCUT2D eigenvalue weighted by molar-refractivity contribution is 5.99. The summed E-state index contributed by atoms with van der Waals surface area (Å²) in [6.45, 7) is 1.92. The molecular weight excluding hydrogens is 481 g/mol. The van der Waals surface area contributed by atoms with Crippen LogP contribution in [0.4, 0.5) is 0 Å². The SMILES string of the molecule is CNC1CCN(C(=O)c2cc(Oc3ccc(CCN)cc3)c(OC)c(OC)c2OC)CC1.Cl.Cl. The standard InChI is InChI=1S/C24H33N3O5.2ClH/c1-26-17-10-13-27(14-11-17)24(28)19-15-20(22(30-3)23(31-4)21(19)29-2)32-18-7-5-16(6-8-18)9-12-25;;/h5-8,15,17,26H,9-14,25H2,1-4H3;2*1H. The maximum atomic E-state index is 13.4. The Kier molecular flexibility index (Phi) is 12.3. The number of ether oxygens (including phenoxy) is 4. The normalized spacial score (nSPS) is 13.4. The Morgan fingerprint density at radius 1 is 1.00 bits per heavy atom.